The molecular weight excluding hydrogens is 352 g/mol. The van der Waals surface area contributed by atoms with Crippen molar-refractivity contribution < 1.29 is 4.74 Å². The van der Waals surface area contributed by atoms with Crippen LogP contribution >= 0.6 is 0 Å². The van der Waals surface area contributed by atoms with E-state index in [1.54, 1.807) is 0 Å². The van der Waals surface area contributed by atoms with Crippen molar-refractivity contribution in [2.45, 2.75) is 71.8 Å². The molecule has 7 heteroatoms. The maximum atomic E-state index is 6.13. The smallest absolute Gasteiger partial charge is 0.320 e. The highest BCUT2D eigenvalue weighted by atomic mass is 16.5. The summed E-state index contributed by atoms with van der Waals surface area (Å²) in [4.78, 5) is 13.9. The lowest BCUT2D eigenvalue weighted by Gasteiger charge is -2.38. The van der Waals surface area contributed by atoms with E-state index < -0.39 is 0 Å². The number of anilines is 3. The zero-order valence-electron chi connectivity index (χ0n) is 17.9. The minimum Gasteiger partial charge on any atom is -0.463 e. The minimum absolute atomic E-state index is 0.399. The number of hydrogen-bond acceptors (Lipinski definition) is 7. The number of rotatable bonds is 10. The molecule has 0 aliphatic carbocycles. The van der Waals surface area contributed by atoms with E-state index in [4.69, 9.17) is 10.5 Å². The molecule has 2 aliphatic rings. The van der Waals surface area contributed by atoms with E-state index in [1.165, 1.54) is 45.2 Å². The maximum absolute atomic E-state index is 6.13. The van der Waals surface area contributed by atoms with Gasteiger partial charge >= 0.3 is 6.01 Å². The van der Waals surface area contributed by atoms with Gasteiger partial charge in [0.05, 0.1) is 13.3 Å². The molecule has 0 amide bonds. The Morgan fingerprint density at radius 2 is 2.07 bits per heavy atom. The van der Waals surface area contributed by atoms with Gasteiger partial charge in [-0.25, -0.2) is 0 Å². The first-order chi connectivity index (χ1) is 13.7. The van der Waals surface area contributed by atoms with E-state index >= 15 is 0 Å². The highest BCUT2D eigenvalue weighted by Gasteiger charge is 2.28. The van der Waals surface area contributed by atoms with Gasteiger partial charge in [0.2, 0.25) is 0 Å². The fourth-order valence-electron chi connectivity index (χ4n) is 4.46. The molecule has 0 radical (unpaired) electrons. The van der Waals surface area contributed by atoms with Gasteiger partial charge in [-0.3, -0.25) is 0 Å². The van der Waals surface area contributed by atoms with Gasteiger partial charge in [0, 0.05) is 19.1 Å². The Kier molecular flexibility index (Phi) is 7.59. The van der Waals surface area contributed by atoms with Gasteiger partial charge in [-0.2, -0.15) is 9.97 Å². The summed E-state index contributed by atoms with van der Waals surface area (Å²) in [5.74, 6) is 2.14. The normalized spacial score (nSPS) is 19.7. The molecule has 2 aliphatic heterocycles. The highest BCUT2D eigenvalue weighted by molar-refractivity contribution is 5.80. The van der Waals surface area contributed by atoms with Crippen LogP contribution in [0.15, 0.2) is 0 Å². The van der Waals surface area contributed by atoms with Gasteiger partial charge in [0.15, 0.2) is 11.6 Å². The Balaban J connectivity index is 1.58. The number of likely N-dealkylation sites (tertiary alicyclic amines) is 1. The van der Waals surface area contributed by atoms with Gasteiger partial charge in [-0.05, 0) is 51.0 Å². The average Bonchev–Trinajstić information content (AvgIpc) is 3.11. The second-order valence-electron chi connectivity index (χ2n) is 8.15. The fourth-order valence-corrected chi connectivity index (χ4v) is 4.46. The third-order valence-electron chi connectivity index (χ3n) is 6.19. The van der Waals surface area contributed by atoms with Crippen LogP contribution in [0.2, 0.25) is 0 Å². The number of nitrogens with two attached hydrogens (primary N) is 1. The van der Waals surface area contributed by atoms with Crippen LogP contribution in [0.25, 0.3) is 0 Å². The number of piperidine rings is 1. The summed E-state index contributed by atoms with van der Waals surface area (Å²) in [5.41, 5.74) is 6.99. The first-order valence-electron chi connectivity index (χ1n) is 11.2. The Morgan fingerprint density at radius 3 is 2.82 bits per heavy atom. The van der Waals surface area contributed by atoms with Crippen LogP contribution in [-0.4, -0.2) is 53.8 Å². The molecule has 1 atom stereocenters. The van der Waals surface area contributed by atoms with Gasteiger partial charge in [-0.15, -0.1) is 0 Å². The summed E-state index contributed by atoms with van der Waals surface area (Å²) in [7, 11) is 0. The number of fused-ring (bicyclic) bond motifs is 1. The van der Waals surface area contributed by atoms with Crippen molar-refractivity contribution in [2.24, 2.45) is 5.92 Å². The zero-order valence-corrected chi connectivity index (χ0v) is 17.9. The lowest BCUT2D eigenvalue weighted by Crippen LogP contribution is -2.43. The van der Waals surface area contributed by atoms with Gasteiger partial charge in [0.25, 0.3) is 0 Å². The second-order valence-corrected chi connectivity index (χ2v) is 8.15. The molecular formula is C21H38N6O. The lowest BCUT2D eigenvalue weighted by atomic mass is 9.92. The zero-order chi connectivity index (χ0) is 19.9. The van der Waals surface area contributed by atoms with E-state index in [0.29, 0.717) is 18.4 Å². The molecule has 28 heavy (non-hydrogen) atoms. The monoisotopic (exact) mass is 390 g/mol. The van der Waals surface area contributed by atoms with Crippen molar-refractivity contribution in [2.75, 3.05) is 48.9 Å². The van der Waals surface area contributed by atoms with Crippen LogP contribution in [0.4, 0.5) is 17.3 Å². The lowest BCUT2D eigenvalue weighted by molar-refractivity contribution is 0.114. The van der Waals surface area contributed by atoms with Crippen LogP contribution in [0, 0.1) is 5.92 Å². The molecule has 0 saturated carbocycles. The topological polar surface area (TPSA) is 79.5 Å². The third kappa shape index (κ3) is 4.99. The molecule has 0 spiro atoms. The summed E-state index contributed by atoms with van der Waals surface area (Å²) in [6, 6.07) is 1.14. The molecule has 1 unspecified atom stereocenters. The van der Waals surface area contributed by atoms with Crippen molar-refractivity contribution in [1.29, 1.82) is 0 Å². The number of nitrogens with zero attached hydrogens (tertiary/aromatic N) is 4. The Labute approximate surface area is 170 Å². The molecule has 3 rings (SSSR count). The molecule has 0 bridgehead atoms. The Morgan fingerprint density at radius 1 is 1.25 bits per heavy atom. The summed E-state index contributed by atoms with van der Waals surface area (Å²) in [6.45, 7) is 11.6. The number of ether oxygens (including phenoxy) is 1. The van der Waals surface area contributed by atoms with E-state index in [0.717, 1.165) is 49.5 Å². The summed E-state index contributed by atoms with van der Waals surface area (Å²) in [6.07, 6.45) is 8.43. The first kappa shape index (κ1) is 21.0. The van der Waals surface area contributed by atoms with Crippen molar-refractivity contribution in [3.63, 3.8) is 0 Å². The molecule has 1 aromatic heterocycles. The third-order valence-corrected chi connectivity index (χ3v) is 6.19. The van der Waals surface area contributed by atoms with Gasteiger partial charge < -0.3 is 25.6 Å². The minimum atomic E-state index is 0.399. The highest BCUT2D eigenvalue weighted by Crippen LogP contribution is 2.35. The summed E-state index contributed by atoms with van der Waals surface area (Å²) >= 11 is 0. The molecule has 3 heterocycles. The van der Waals surface area contributed by atoms with Crippen LogP contribution in [0.3, 0.4) is 0 Å². The van der Waals surface area contributed by atoms with Gasteiger partial charge in [0.1, 0.15) is 5.69 Å². The van der Waals surface area contributed by atoms with Crippen molar-refractivity contribution in [3.05, 3.63) is 0 Å². The molecule has 1 aromatic rings. The number of hydrogen-bond donors (Lipinski definition) is 2. The van der Waals surface area contributed by atoms with Gasteiger partial charge in [-0.1, -0.05) is 27.2 Å². The Bertz CT molecular complexity index is 621. The SMILES string of the molecule is CCCCOc1nc(N)c2c(n1)N(CCC1CCCN(C(CC)CC)C1)CN2. The number of nitrogens with one attached hydrogen (secondary N) is 1. The summed E-state index contributed by atoms with van der Waals surface area (Å²) in [5, 5.41) is 3.36. The molecule has 158 valence electrons. The quantitative estimate of drug-likeness (QED) is 0.589. The first-order valence-corrected chi connectivity index (χ1v) is 11.2. The van der Waals surface area contributed by atoms with E-state index in [-0.39, 0.29) is 0 Å². The van der Waals surface area contributed by atoms with Crippen LogP contribution in [0.5, 0.6) is 6.01 Å². The molecule has 0 aromatic carbocycles. The standard InChI is InChI=1S/C21H38N6O/c1-4-7-13-28-21-24-19(22)18-20(25-21)27(15-23-18)12-10-16-9-8-11-26(14-16)17(5-2)6-3/h16-17,23H,4-15H2,1-3H3,(H2,22,24,25). The van der Waals surface area contributed by atoms with Crippen molar-refractivity contribution in [1.82, 2.24) is 14.9 Å². The molecule has 3 N–H and O–H groups in total. The van der Waals surface area contributed by atoms with E-state index in [2.05, 4.69) is 45.9 Å². The predicted molar refractivity (Wildman–Crippen MR) is 116 cm³/mol. The van der Waals surface area contributed by atoms with Crippen LogP contribution in [0.1, 0.15) is 65.7 Å². The number of unbranched alkanes of at least 4 members (excludes halogenated alkanes) is 1. The van der Waals surface area contributed by atoms with E-state index in [9.17, 15) is 0 Å². The molecule has 1 saturated heterocycles. The fraction of sp³-hybridized carbons (Fsp3) is 0.810. The maximum Gasteiger partial charge on any atom is 0.320 e. The molecule has 1 fully saturated rings. The largest absolute Gasteiger partial charge is 0.463 e. The average molecular weight is 391 g/mol. The summed E-state index contributed by atoms with van der Waals surface area (Å²) < 4.78 is 5.70. The number of aromatic nitrogens is 2. The van der Waals surface area contributed by atoms with Crippen molar-refractivity contribution >= 4 is 17.3 Å². The Hall–Kier alpha value is -1.76. The van der Waals surface area contributed by atoms with Crippen molar-refractivity contribution in [3.8, 4) is 6.01 Å². The predicted octanol–water partition coefficient (Wildman–Crippen LogP) is 3.72. The number of nitrogen functional groups attached to an aromatic ring is 1. The van der Waals surface area contributed by atoms with Crippen LogP contribution < -0.4 is 20.7 Å². The second kappa shape index (κ2) is 10.1. The van der Waals surface area contributed by atoms with Crippen LogP contribution in [-0.2, 0) is 0 Å². The molecule has 7 nitrogen and oxygen atoms in total. The van der Waals surface area contributed by atoms with E-state index in [1.807, 2.05) is 0 Å².